The van der Waals surface area contributed by atoms with Gasteiger partial charge in [0.05, 0.1) is 12.3 Å². The van der Waals surface area contributed by atoms with Crippen LogP contribution in [0.2, 0.25) is 0 Å². The Hall–Kier alpha value is -2.40. The lowest BCUT2D eigenvalue weighted by Gasteiger charge is -2.11. The number of aromatic nitrogens is 2. The van der Waals surface area contributed by atoms with Crippen LogP contribution < -0.4 is 10.3 Å². The van der Waals surface area contributed by atoms with Crippen LogP contribution in [0.1, 0.15) is 12.5 Å². The van der Waals surface area contributed by atoms with E-state index in [2.05, 4.69) is 9.97 Å². The van der Waals surface area contributed by atoms with Crippen molar-refractivity contribution in [1.82, 2.24) is 9.97 Å². The van der Waals surface area contributed by atoms with Crippen LogP contribution >= 0.6 is 11.8 Å². The molecule has 0 saturated heterocycles. The zero-order valence-corrected chi connectivity index (χ0v) is 12.6. The number of halogens is 2. The summed E-state index contributed by atoms with van der Waals surface area (Å²) in [5, 5.41) is 9.32. The Labute approximate surface area is 129 Å². The summed E-state index contributed by atoms with van der Waals surface area (Å²) < 4.78 is 33.0. The van der Waals surface area contributed by atoms with E-state index >= 15 is 0 Å². The van der Waals surface area contributed by atoms with Gasteiger partial charge in [-0.05, 0) is 25.3 Å². The highest BCUT2D eigenvalue weighted by molar-refractivity contribution is 7.98. The molecule has 1 heterocycles. The molecule has 0 aliphatic heterocycles. The molecule has 0 unspecified atom stereocenters. The fourth-order valence-electron chi connectivity index (χ4n) is 1.84. The zero-order valence-electron chi connectivity index (χ0n) is 11.7. The summed E-state index contributed by atoms with van der Waals surface area (Å²) in [4.78, 5) is 18.3. The van der Waals surface area contributed by atoms with Gasteiger partial charge in [-0.25, -0.2) is 13.8 Å². The number of aromatic amines is 1. The molecule has 0 atom stereocenters. The molecule has 0 aliphatic rings. The lowest BCUT2D eigenvalue weighted by Crippen LogP contribution is -2.15. The van der Waals surface area contributed by atoms with Gasteiger partial charge in [-0.15, -0.1) is 0 Å². The van der Waals surface area contributed by atoms with Crippen LogP contribution in [0.3, 0.4) is 0 Å². The Morgan fingerprint density at radius 2 is 2.18 bits per heavy atom. The molecule has 1 aromatic carbocycles. The molecule has 5 nitrogen and oxygen atoms in total. The van der Waals surface area contributed by atoms with Crippen LogP contribution in [0.15, 0.2) is 22.1 Å². The van der Waals surface area contributed by atoms with Gasteiger partial charge < -0.3 is 9.72 Å². The number of rotatable bonds is 4. The summed E-state index contributed by atoms with van der Waals surface area (Å²) in [6, 6.07) is 3.82. The zero-order chi connectivity index (χ0) is 16.3. The number of nitrogens with one attached hydrogen (secondary N) is 1. The van der Waals surface area contributed by atoms with E-state index in [0.29, 0.717) is 0 Å². The van der Waals surface area contributed by atoms with Crippen LogP contribution in [0, 0.1) is 23.0 Å². The van der Waals surface area contributed by atoms with Crippen LogP contribution in [-0.2, 0) is 0 Å². The fourth-order valence-corrected chi connectivity index (χ4v) is 2.22. The molecule has 0 amide bonds. The van der Waals surface area contributed by atoms with E-state index in [9.17, 15) is 13.6 Å². The van der Waals surface area contributed by atoms with E-state index in [1.54, 1.807) is 19.2 Å². The molecule has 0 bridgehead atoms. The number of thioether (sulfide) groups is 1. The molecule has 2 aromatic rings. The molecule has 0 spiro atoms. The maximum atomic E-state index is 14.5. The third kappa shape index (κ3) is 2.80. The van der Waals surface area contributed by atoms with Crippen molar-refractivity contribution in [2.45, 2.75) is 12.1 Å². The van der Waals surface area contributed by atoms with Gasteiger partial charge >= 0.3 is 0 Å². The molecule has 1 aromatic heterocycles. The molecule has 0 saturated carbocycles. The van der Waals surface area contributed by atoms with Crippen molar-refractivity contribution >= 4 is 11.8 Å². The predicted octanol–water partition coefficient (Wildman–Crippen LogP) is 2.71. The SMILES string of the molecule is CCOc1c(F)ccc(-c2nc(SC)[nH]c(=O)c2C#N)c1F. The lowest BCUT2D eigenvalue weighted by atomic mass is 10.1. The summed E-state index contributed by atoms with van der Waals surface area (Å²) in [6.45, 7) is 1.66. The average molecular weight is 323 g/mol. The Kier molecular flexibility index (Phi) is 4.78. The number of hydrogen-bond donors (Lipinski definition) is 1. The average Bonchev–Trinajstić information content (AvgIpc) is 2.50. The van der Waals surface area contributed by atoms with Crippen LogP contribution in [0.25, 0.3) is 11.3 Å². The van der Waals surface area contributed by atoms with Crippen LogP contribution in [-0.4, -0.2) is 22.8 Å². The van der Waals surface area contributed by atoms with E-state index in [0.717, 1.165) is 23.9 Å². The molecule has 0 radical (unpaired) electrons. The van der Waals surface area contributed by atoms with Gasteiger partial charge in [0.2, 0.25) is 0 Å². The molecule has 0 aliphatic carbocycles. The summed E-state index contributed by atoms with van der Waals surface area (Å²) >= 11 is 1.13. The van der Waals surface area contributed by atoms with Gasteiger partial charge in [-0.1, -0.05) is 11.8 Å². The van der Waals surface area contributed by atoms with E-state index in [4.69, 9.17) is 10.00 Å². The van der Waals surface area contributed by atoms with Gasteiger partial charge in [0.15, 0.2) is 22.5 Å². The normalized spacial score (nSPS) is 10.3. The first-order valence-electron chi connectivity index (χ1n) is 6.23. The Morgan fingerprint density at radius 3 is 2.77 bits per heavy atom. The smallest absolute Gasteiger partial charge is 0.270 e. The van der Waals surface area contributed by atoms with E-state index in [1.807, 2.05) is 0 Å². The van der Waals surface area contributed by atoms with E-state index < -0.39 is 22.9 Å². The highest BCUT2D eigenvalue weighted by Gasteiger charge is 2.21. The van der Waals surface area contributed by atoms with E-state index in [1.165, 1.54) is 0 Å². The number of nitriles is 1. The van der Waals surface area contributed by atoms with Gasteiger partial charge in [0.25, 0.3) is 5.56 Å². The first-order chi connectivity index (χ1) is 10.5. The first-order valence-corrected chi connectivity index (χ1v) is 7.45. The standard InChI is InChI=1S/C14H11F2N3O2S/c1-3-21-12-9(15)5-4-7(10(12)16)11-8(6-17)13(20)19-14(18-11)22-2/h4-5H,3H2,1-2H3,(H,18,19,20). The fraction of sp³-hybridized carbons (Fsp3) is 0.214. The molecule has 8 heteroatoms. The Bertz CT molecular complexity index is 815. The predicted molar refractivity (Wildman–Crippen MR) is 77.9 cm³/mol. The van der Waals surface area contributed by atoms with Gasteiger partial charge in [-0.2, -0.15) is 5.26 Å². The van der Waals surface area contributed by atoms with Crippen molar-refractivity contribution in [3.8, 4) is 23.1 Å². The number of benzene rings is 1. The van der Waals surface area contributed by atoms with Crippen LogP contribution in [0.5, 0.6) is 5.75 Å². The number of H-pyrrole nitrogens is 1. The molecular formula is C14H11F2N3O2S. The third-order valence-corrected chi connectivity index (χ3v) is 3.38. The molecule has 0 fully saturated rings. The van der Waals surface area contributed by atoms with Crippen molar-refractivity contribution in [2.24, 2.45) is 0 Å². The number of hydrogen-bond acceptors (Lipinski definition) is 5. The van der Waals surface area contributed by atoms with Gasteiger partial charge in [0.1, 0.15) is 11.6 Å². The lowest BCUT2D eigenvalue weighted by molar-refractivity contribution is 0.303. The quantitative estimate of drug-likeness (QED) is 0.691. The minimum Gasteiger partial charge on any atom is -0.488 e. The second-order valence-corrected chi connectivity index (χ2v) is 4.88. The highest BCUT2D eigenvalue weighted by Crippen LogP contribution is 2.32. The number of ether oxygens (including phenoxy) is 1. The monoisotopic (exact) mass is 323 g/mol. The third-order valence-electron chi connectivity index (χ3n) is 2.80. The topological polar surface area (TPSA) is 78.8 Å². The van der Waals surface area contributed by atoms with Gasteiger partial charge in [0, 0.05) is 5.56 Å². The molecule has 2 rings (SSSR count). The minimum atomic E-state index is -0.997. The van der Waals surface area contributed by atoms with Crippen LogP contribution in [0.4, 0.5) is 8.78 Å². The maximum Gasteiger partial charge on any atom is 0.270 e. The summed E-state index contributed by atoms with van der Waals surface area (Å²) in [5.74, 6) is -2.42. The van der Waals surface area contributed by atoms with Crippen molar-refractivity contribution in [2.75, 3.05) is 12.9 Å². The van der Waals surface area contributed by atoms with Crippen molar-refractivity contribution in [3.63, 3.8) is 0 Å². The molecule has 22 heavy (non-hydrogen) atoms. The minimum absolute atomic E-state index is 0.0707. The summed E-state index contributed by atoms with van der Waals surface area (Å²) in [5.41, 5.74) is -1.33. The maximum absolute atomic E-state index is 14.5. The molecular weight excluding hydrogens is 312 g/mol. The first kappa shape index (κ1) is 16.0. The molecule has 114 valence electrons. The van der Waals surface area contributed by atoms with Gasteiger partial charge in [-0.3, -0.25) is 4.79 Å². The van der Waals surface area contributed by atoms with Crippen molar-refractivity contribution in [1.29, 1.82) is 5.26 Å². The van der Waals surface area contributed by atoms with Crippen molar-refractivity contribution < 1.29 is 13.5 Å². The highest BCUT2D eigenvalue weighted by atomic mass is 32.2. The molecule has 1 N–H and O–H groups in total. The Balaban J connectivity index is 2.77. The van der Waals surface area contributed by atoms with E-state index in [-0.39, 0.29) is 28.6 Å². The number of nitrogens with zero attached hydrogens (tertiary/aromatic N) is 2. The summed E-state index contributed by atoms with van der Waals surface area (Å²) in [6.07, 6.45) is 1.67. The second kappa shape index (κ2) is 6.58. The largest absolute Gasteiger partial charge is 0.488 e. The Morgan fingerprint density at radius 1 is 1.45 bits per heavy atom. The second-order valence-electron chi connectivity index (χ2n) is 4.08. The van der Waals surface area contributed by atoms with Crippen molar-refractivity contribution in [3.05, 3.63) is 39.7 Å². The summed E-state index contributed by atoms with van der Waals surface area (Å²) in [7, 11) is 0.